The van der Waals surface area contributed by atoms with Gasteiger partial charge in [0, 0.05) is 18.7 Å². The molecule has 1 unspecified atom stereocenters. The topological polar surface area (TPSA) is 59.6 Å². The summed E-state index contributed by atoms with van der Waals surface area (Å²) < 4.78 is 11.0. The number of para-hydroxylation sites is 1. The number of nitrogens with one attached hydrogen (secondary N) is 2. The van der Waals surface area contributed by atoms with Gasteiger partial charge in [0.1, 0.15) is 0 Å². The second kappa shape index (κ2) is 7.63. The van der Waals surface area contributed by atoms with Crippen molar-refractivity contribution in [3.63, 3.8) is 0 Å². The molecule has 1 aromatic carbocycles. The molecule has 0 fully saturated rings. The van der Waals surface area contributed by atoms with Gasteiger partial charge in [-0.25, -0.2) is 0 Å². The van der Waals surface area contributed by atoms with Crippen molar-refractivity contribution in [3.05, 3.63) is 23.8 Å². The van der Waals surface area contributed by atoms with Gasteiger partial charge in [0.05, 0.1) is 7.11 Å². The maximum absolute atomic E-state index is 11.7. The number of ether oxygens (including phenoxy) is 2. The summed E-state index contributed by atoms with van der Waals surface area (Å²) in [6.07, 6.45) is -0.563. The summed E-state index contributed by atoms with van der Waals surface area (Å²) >= 11 is 0. The van der Waals surface area contributed by atoms with Crippen LogP contribution in [0.4, 0.5) is 0 Å². The van der Waals surface area contributed by atoms with Crippen LogP contribution in [-0.4, -0.2) is 32.7 Å². The molecule has 0 aliphatic carbocycles. The van der Waals surface area contributed by atoms with Crippen molar-refractivity contribution < 1.29 is 14.3 Å². The molecule has 106 valence electrons. The van der Waals surface area contributed by atoms with Gasteiger partial charge in [-0.2, -0.15) is 0 Å². The molecule has 1 rings (SSSR count). The van der Waals surface area contributed by atoms with Crippen molar-refractivity contribution in [1.29, 1.82) is 0 Å². The maximum Gasteiger partial charge on any atom is 0.260 e. The second-order valence-corrected chi connectivity index (χ2v) is 4.13. The zero-order valence-corrected chi connectivity index (χ0v) is 11.9. The van der Waals surface area contributed by atoms with Gasteiger partial charge in [-0.05, 0) is 27.0 Å². The van der Waals surface area contributed by atoms with Crippen molar-refractivity contribution in [2.75, 3.05) is 20.7 Å². The minimum absolute atomic E-state index is 0.135. The van der Waals surface area contributed by atoms with E-state index in [1.807, 2.05) is 32.2 Å². The molecule has 19 heavy (non-hydrogen) atoms. The third kappa shape index (κ3) is 4.13. The molecule has 0 saturated carbocycles. The van der Waals surface area contributed by atoms with Crippen LogP contribution < -0.4 is 20.1 Å². The summed E-state index contributed by atoms with van der Waals surface area (Å²) in [5, 5.41) is 5.80. The third-order valence-electron chi connectivity index (χ3n) is 2.66. The van der Waals surface area contributed by atoms with Crippen LogP contribution in [0.15, 0.2) is 18.2 Å². The highest BCUT2D eigenvalue weighted by Crippen LogP contribution is 2.31. The molecule has 1 aromatic rings. The van der Waals surface area contributed by atoms with E-state index in [9.17, 15) is 4.79 Å². The summed E-state index contributed by atoms with van der Waals surface area (Å²) in [6, 6.07) is 5.66. The maximum atomic E-state index is 11.7. The number of rotatable bonds is 7. The standard InChI is InChI=1S/C14H22N2O3/c1-5-16-14(17)10(2)19-13-11(9-15-3)7-6-8-12(13)18-4/h6-8,10,15H,5,9H2,1-4H3,(H,16,17). The first-order valence-electron chi connectivity index (χ1n) is 6.38. The minimum Gasteiger partial charge on any atom is -0.493 e. The Bertz CT molecular complexity index is 421. The van der Waals surface area contributed by atoms with Crippen LogP contribution in [0.25, 0.3) is 0 Å². The Morgan fingerprint density at radius 2 is 2.16 bits per heavy atom. The van der Waals surface area contributed by atoms with Crippen LogP contribution in [0.2, 0.25) is 0 Å². The highest BCUT2D eigenvalue weighted by molar-refractivity contribution is 5.80. The first kappa shape index (κ1) is 15.3. The first-order chi connectivity index (χ1) is 9.13. The molecule has 0 bridgehead atoms. The Kier molecular flexibility index (Phi) is 6.15. The van der Waals surface area contributed by atoms with E-state index in [0.29, 0.717) is 24.6 Å². The molecule has 0 aromatic heterocycles. The predicted octanol–water partition coefficient (Wildman–Crippen LogP) is 1.32. The average molecular weight is 266 g/mol. The monoisotopic (exact) mass is 266 g/mol. The summed E-state index contributed by atoms with van der Waals surface area (Å²) in [6.45, 7) is 4.83. The lowest BCUT2D eigenvalue weighted by Gasteiger charge is -2.19. The highest BCUT2D eigenvalue weighted by atomic mass is 16.5. The van der Waals surface area contributed by atoms with E-state index in [-0.39, 0.29) is 5.91 Å². The fourth-order valence-electron chi connectivity index (χ4n) is 1.73. The van der Waals surface area contributed by atoms with E-state index in [0.717, 1.165) is 5.56 Å². The van der Waals surface area contributed by atoms with Crippen LogP contribution in [0.3, 0.4) is 0 Å². The summed E-state index contributed by atoms with van der Waals surface area (Å²) in [4.78, 5) is 11.7. The summed E-state index contributed by atoms with van der Waals surface area (Å²) in [7, 11) is 3.44. The summed E-state index contributed by atoms with van der Waals surface area (Å²) in [5.74, 6) is 1.10. The second-order valence-electron chi connectivity index (χ2n) is 4.13. The Balaban J connectivity index is 2.93. The van der Waals surface area contributed by atoms with Crippen molar-refractivity contribution >= 4 is 5.91 Å². The van der Waals surface area contributed by atoms with Crippen molar-refractivity contribution in [1.82, 2.24) is 10.6 Å². The molecule has 5 heteroatoms. The van der Waals surface area contributed by atoms with Crippen molar-refractivity contribution in [2.24, 2.45) is 0 Å². The van der Waals surface area contributed by atoms with E-state index in [1.165, 1.54) is 0 Å². The van der Waals surface area contributed by atoms with E-state index in [1.54, 1.807) is 14.0 Å². The van der Waals surface area contributed by atoms with Crippen molar-refractivity contribution in [3.8, 4) is 11.5 Å². The lowest BCUT2D eigenvalue weighted by molar-refractivity contribution is -0.127. The number of hydrogen-bond acceptors (Lipinski definition) is 4. The lowest BCUT2D eigenvalue weighted by Crippen LogP contribution is -2.36. The van der Waals surface area contributed by atoms with Gasteiger partial charge < -0.3 is 20.1 Å². The van der Waals surface area contributed by atoms with Gasteiger partial charge in [0.15, 0.2) is 17.6 Å². The van der Waals surface area contributed by atoms with Gasteiger partial charge in [-0.3, -0.25) is 4.79 Å². The number of hydrogen-bond donors (Lipinski definition) is 2. The molecule has 0 aliphatic rings. The van der Waals surface area contributed by atoms with Gasteiger partial charge in [-0.15, -0.1) is 0 Å². The zero-order valence-electron chi connectivity index (χ0n) is 11.9. The van der Waals surface area contributed by atoms with Gasteiger partial charge in [0.2, 0.25) is 0 Å². The quantitative estimate of drug-likeness (QED) is 0.781. The largest absolute Gasteiger partial charge is 0.493 e. The lowest BCUT2D eigenvalue weighted by atomic mass is 10.2. The molecule has 1 amide bonds. The molecule has 0 spiro atoms. The van der Waals surface area contributed by atoms with Crippen LogP contribution in [0.1, 0.15) is 19.4 Å². The van der Waals surface area contributed by atoms with E-state index in [4.69, 9.17) is 9.47 Å². The molecular formula is C14H22N2O3. The Hall–Kier alpha value is -1.75. The minimum atomic E-state index is -0.563. The normalized spacial score (nSPS) is 11.8. The Labute approximate surface area is 114 Å². The van der Waals surface area contributed by atoms with Crippen LogP contribution in [-0.2, 0) is 11.3 Å². The average Bonchev–Trinajstić information content (AvgIpc) is 2.41. The fraction of sp³-hybridized carbons (Fsp3) is 0.500. The molecule has 2 N–H and O–H groups in total. The number of carbonyl (C=O) groups excluding carboxylic acids is 1. The van der Waals surface area contributed by atoms with Crippen LogP contribution in [0.5, 0.6) is 11.5 Å². The van der Waals surface area contributed by atoms with Gasteiger partial charge in [0.25, 0.3) is 5.91 Å². The van der Waals surface area contributed by atoms with E-state index < -0.39 is 6.10 Å². The first-order valence-corrected chi connectivity index (χ1v) is 6.38. The number of amides is 1. The summed E-state index contributed by atoms with van der Waals surface area (Å²) in [5.41, 5.74) is 0.956. The fourth-order valence-corrected chi connectivity index (χ4v) is 1.73. The number of methoxy groups -OCH3 is 1. The number of benzene rings is 1. The smallest absolute Gasteiger partial charge is 0.260 e. The third-order valence-corrected chi connectivity index (χ3v) is 2.66. The van der Waals surface area contributed by atoms with E-state index >= 15 is 0 Å². The van der Waals surface area contributed by atoms with Gasteiger partial charge in [-0.1, -0.05) is 12.1 Å². The zero-order chi connectivity index (χ0) is 14.3. The number of likely N-dealkylation sites (N-methyl/N-ethyl adjacent to an activating group) is 1. The molecule has 0 aliphatic heterocycles. The molecule has 5 nitrogen and oxygen atoms in total. The number of carbonyl (C=O) groups is 1. The van der Waals surface area contributed by atoms with E-state index in [2.05, 4.69) is 10.6 Å². The molecule has 1 atom stereocenters. The SMILES string of the molecule is CCNC(=O)C(C)Oc1c(CNC)cccc1OC. The Morgan fingerprint density at radius 3 is 2.74 bits per heavy atom. The Morgan fingerprint density at radius 1 is 1.42 bits per heavy atom. The van der Waals surface area contributed by atoms with Gasteiger partial charge >= 0.3 is 0 Å². The predicted molar refractivity (Wildman–Crippen MR) is 74.5 cm³/mol. The van der Waals surface area contributed by atoms with Crippen LogP contribution in [0, 0.1) is 0 Å². The highest BCUT2D eigenvalue weighted by Gasteiger charge is 2.18. The molecule has 0 radical (unpaired) electrons. The molecule has 0 heterocycles. The molecular weight excluding hydrogens is 244 g/mol. The molecule has 0 saturated heterocycles. The van der Waals surface area contributed by atoms with Crippen molar-refractivity contribution in [2.45, 2.75) is 26.5 Å². The van der Waals surface area contributed by atoms with Crippen LogP contribution >= 0.6 is 0 Å².